The Labute approximate surface area is 82.3 Å². The van der Waals surface area contributed by atoms with Crippen molar-refractivity contribution in [1.82, 2.24) is 20.5 Å². The number of aryl methyl sites for hydroxylation is 1. The Kier molecular flexibility index (Phi) is 2.23. The van der Waals surface area contributed by atoms with Gasteiger partial charge in [-0.15, -0.1) is 5.10 Å². The second-order valence-electron chi connectivity index (χ2n) is 3.99. The first-order chi connectivity index (χ1) is 6.65. The molecule has 5 heteroatoms. The molecule has 2 N–H and O–H groups in total. The molecule has 0 saturated heterocycles. The van der Waals surface area contributed by atoms with E-state index in [-0.39, 0.29) is 11.7 Å². The third kappa shape index (κ3) is 1.76. The first-order valence-electron chi connectivity index (χ1n) is 4.85. The van der Waals surface area contributed by atoms with Crippen molar-refractivity contribution in [3.05, 3.63) is 11.6 Å². The number of rotatable bonds is 2. The van der Waals surface area contributed by atoms with Crippen molar-refractivity contribution in [3.63, 3.8) is 0 Å². The highest BCUT2D eigenvalue weighted by atomic mass is 16.2. The van der Waals surface area contributed by atoms with Crippen LogP contribution in [-0.4, -0.2) is 27.1 Å². The predicted molar refractivity (Wildman–Crippen MR) is 50.8 cm³/mol. The molecule has 0 spiro atoms. The zero-order valence-corrected chi connectivity index (χ0v) is 8.37. The number of hydrogen-bond donors (Lipinski definition) is 2. The second-order valence-corrected chi connectivity index (χ2v) is 3.99. The van der Waals surface area contributed by atoms with Gasteiger partial charge < -0.3 is 5.32 Å². The molecule has 0 unspecified atom stereocenters. The lowest BCUT2D eigenvalue weighted by molar-refractivity contribution is 0.0885. The van der Waals surface area contributed by atoms with Crippen molar-refractivity contribution in [1.29, 1.82) is 0 Å². The molecule has 1 saturated carbocycles. The molecule has 1 aliphatic carbocycles. The van der Waals surface area contributed by atoms with Crippen LogP contribution in [0.5, 0.6) is 0 Å². The molecule has 1 aromatic heterocycles. The van der Waals surface area contributed by atoms with Gasteiger partial charge >= 0.3 is 0 Å². The molecule has 0 bridgehead atoms. The minimum Gasteiger partial charge on any atom is -0.347 e. The summed E-state index contributed by atoms with van der Waals surface area (Å²) in [6.45, 7) is 3.95. The Morgan fingerprint density at radius 1 is 1.57 bits per heavy atom. The van der Waals surface area contributed by atoms with Crippen LogP contribution in [0.25, 0.3) is 0 Å². The van der Waals surface area contributed by atoms with Gasteiger partial charge in [0.2, 0.25) is 5.82 Å². The highest BCUT2D eigenvalue weighted by Gasteiger charge is 2.27. The summed E-state index contributed by atoms with van der Waals surface area (Å²) in [5, 5.41) is 9.34. The number of amides is 1. The van der Waals surface area contributed by atoms with Crippen LogP contribution in [0.15, 0.2) is 0 Å². The average molecular weight is 194 g/mol. The third-order valence-electron chi connectivity index (χ3n) is 2.51. The summed E-state index contributed by atoms with van der Waals surface area (Å²) in [5.74, 6) is 1.46. The lowest BCUT2D eigenvalue weighted by Gasteiger charge is -2.32. The van der Waals surface area contributed by atoms with Gasteiger partial charge in [-0.3, -0.25) is 9.89 Å². The van der Waals surface area contributed by atoms with E-state index in [1.165, 1.54) is 0 Å². The van der Waals surface area contributed by atoms with Crippen LogP contribution < -0.4 is 5.32 Å². The Morgan fingerprint density at radius 2 is 2.29 bits per heavy atom. The van der Waals surface area contributed by atoms with Crippen molar-refractivity contribution in [2.45, 2.75) is 32.7 Å². The largest absolute Gasteiger partial charge is 0.347 e. The summed E-state index contributed by atoms with van der Waals surface area (Å²) >= 11 is 0. The minimum absolute atomic E-state index is 0.175. The zero-order valence-electron chi connectivity index (χ0n) is 8.37. The highest BCUT2D eigenvalue weighted by Crippen LogP contribution is 2.26. The zero-order chi connectivity index (χ0) is 10.1. The van der Waals surface area contributed by atoms with Crippen molar-refractivity contribution in [3.8, 4) is 0 Å². The van der Waals surface area contributed by atoms with Gasteiger partial charge in [0.1, 0.15) is 5.82 Å². The number of carbonyl (C=O) groups excluding carboxylic acids is 1. The fourth-order valence-corrected chi connectivity index (χ4v) is 1.71. The SMILES string of the molecule is Cc1nc(C(=O)NC2CC(C)C2)n[nH]1. The van der Waals surface area contributed by atoms with Crippen LogP contribution in [-0.2, 0) is 0 Å². The number of carbonyl (C=O) groups is 1. The summed E-state index contributed by atoms with van der Waals surface area (Å²) in [4.78, 5) is 15.5. The quantitative estimate of drug-likeness (QED) is 0.725. The molecule has 2 rings (SSSR count). The van der Waals surface area contributed by atoms with Gasteiger partial charge in [0, 0.05) is 6.04 Å². The molecule has 0 radical (unpaired) electrons. The number of hydrogen-bond acceptors (Lipinski definition) is 3. The summed E-state index contributed by atoms with van der Waals surface area (Å²) in [6.07, 6.45) is 2.13. The Balaban J connectivity index is 1.90. The fourth-order valence-electron chi connectivity index (χ4n) is 1.71. The van der Waals surface area contributed by atoms with Gasteiger partial charge in [-0.05, 0) is 25.7 Å². The van der Waals surface area contributed by atoms with E-state index in [0.29, 0.717) is 11.9 Å². The molecule has 76 valence electrons. The van der Waals surface area contributed by atoms with Crippen LogP contribution in [0.2, 0.25) is 0 Å². The van der Waals surface area contributed by atoms with Crippen LogP contribution >= 0.6 is 0 Å². The van der Waals surface area contributed by atoms with E-state index in [2.05, 4.69) is 27.4 Å². The minimum atomic E-state index is -0.175. The number of aromatic amines is 1. The van der Waals surface area contributed by atoms with E-state index in [4.69, 9.17) is 0 Å². The van der Waals surface area contributed by atoms with E-state index < -0.39 is 0 Å². The van der Waals surface area contributed by atoms with E-state index in [1.807, 2.05) is 0 Å². The molecule has 14 heavy (non-hydrogen) atoms. The maximum Gasteiger partial charge on any atom is 0.291 e. The molecule has 0 aromatic carbocycles. The predicted octanol–water partition coefficient (Wildman–Crippen LogP) is 0.641. The van der Waals surface area contributed by atoms with Crippen molar-refractivity contribution in [2.75, 3.05) is 0 Å². The smallest absolute Gasteiger partial charge is 0.291 e. The monoisotopic (exact) mass is 194 g/mol. The molecular formula is C9H14N4O. The topological polar surface area (TPSA) is 70.7 Å². The number of H-pyrrole nitrogens is 1. The lowest BCUT2D eigenvalue weighted by Crippen LogP contribution is -2.43. The van der Waals surface area contributed by atoms with Gasteiger partial charge in [0.15, 0.2) is 0 Å². The summed E-state index contributed by atoms with van der Waals surface area (Å²) in [5.41, 5.74) is 0. The average Bonchev–Trinajstić information content (AvgIpc) is 2.49. The van der Waals surface area contributed by atoms with E-state index in [0.717, 1.165) is 18.8 Å². The van der Waals surface area contributed by atoms with Gasteiger partial charge in [-0.25, -0.2) is 4.98 Å². The van der Waals surface area contributed by atoms with Gasteiger partial charge in [-0.2, -0.15) is 0 Å². The van der Waals surface area contributed by atoms with Crippen LogP contribution in [0, 0.1) is 12.8 Å². The number of aromatic nitrogens is 3. The molecule has 0 aliphatic heterocycles. The van der Waals surface area contributed by atoms with E-state index in [9.17, 15) is 4.79 Å². The molecule has 1 fully saturated rings. The maximum absolute atomic E-state index is 11.5. The Bertz CT molecular complexity index is 340. The molecule has 1 aromatic rings. The lowest BCUT2D eigenvalue weighted by atomic mass is 9.82. The first-order valence-corrected chi connectivity index (χ1v) is 4.85. The standard InChI is InChI=1S/C9H14N4O/c1-5-3-7(4-5)11-9(14)8-10-6(2)12-13-8/h5,7H,3-4H2,1-2H3,(H,11,14)(H,10,12,13). The van der Waals surface area contributed by atoms with Gasteiger partial charge in [0.25, 0.3) is 5.91 Å². The molecule has 1 aliphatic rings. The van der Waals surface area contributed by atoms with E-state index in [1.54, 1.807) is 6.92 Å². The van der Waals surface area contributed by atoms with Crippen LogP contribution in [0.3, 0.4) is 0 Å². The van der Waals surface area contributed by atoms with E-state index >= 15 is 0 Å². The van der Waals surface area contributed by atoms with Crippen molar-refractivity contribution < 1.29 is 4.79 Å². The summed E-state index contributed by atoms with van der Waals surface area (Å²) in [6, 6.07) is 0.316. The molecule has 0 atom stereocenters. The number of nitrogens with zero attached hydrogens (tertiary/aromatic N) is 2. The normalized spacial score (nSPS) is 25.6. The van der Waals surface area contributed by atoms with Crippen molar-refractivity contribution in [2.24, 2.45) is 5.92 Å². The third-order valence-corrected chi connectivity index (χ3v) is 2.51. The molecule has 5 nitrogen and oxygen atoms in total. The summed E-state index contributed by atoms with van der Waals surface area (Å²) < 4.78 is 0. The van der Waals surface area contributed by atoms with Crippen LogP contribution in [0.4, 0.5) is 0 Å². The fraction of sp³-hybridized carbons (Fsp3) is 0.667. The maximum atomic E-state index is 11.5. The Morgan fingerprint density at radius 3 is 2.79 bits per heavy atom. The first kappa shape index (κ1) is 9.18. The summed E-state index contributed by atoms with van der Waals surface area (Å²) in [7, 11) is 0. The van der Waals surface area contributed by atoms with Gasteiger partial charge in [-0.1, -0.05) is 6.92 Å². The highest BCUT2D eigenvalue weighted by molar-refractivity contribution is 5.90. The van der Waals surface area contributed by atoms with Gasteiger partial charge in [0.05, 0.1) is 0 Å². The second kappa shape index (κ2) is 3.40. The van der Waals surface area contributed by atoms with Crippen molar-refractivity contribution >= 4 is 5.91 Å². The number of nitrogens with one attached hydrogen (secondary N) is 2. The molecule has 1 amide bonds. The van der Waals surface area contributed by atoms with Crippen LogP contribution in [0.1, 0.15) is 36.2 Å². The molecule has 1 heterocycles. The Hall–Kier alpha value is -1.39. The molecular weight excluding hydrogens is 180 g/mol.